The predicted octanol–water partition coefficient (Wildman–Crippen LogP) is 3.22. The molecule has 0 saturated carbocycles. The monoisotopic (exact) mass is 302 g/mol. The van der Waals surface area contributed by atoms with Crippen molar-refractivity contribution in [3.8, 4) is 0 Å². The highest BCUT2D eigenvalue weighted by Crippen LogP contribution is 2.22. The van der Waals surface area contributed by atoms with Crippen molar-refractivity contribution in [3.63, 3.8) is 0 Å². The first-order chi connectivity index (χ1) is 9.31. The van der Waals surface area contributed by atoms with Crippen molar-refractivity contribution in [2.45, 2.75) is 13.3 Å². The van der Waals surface area contributed by atoms with Gasteiger partial charge in [0, 0.05) is 24.6 Å². The molecule has 1 aromatic carbocycles. The van der Waals surface area contributed by atoms with Crippen LogP contribution in [0.5, 0.6) is 0 Å². The van der Waals surface area contributed by atoms with E-state index in [-0.39, 0.29) is 17.1 Å². The maximum Gasteiger partial charge on any atom is 0.194 e. The van der Waals surface area contributed by atoms with Gasteiger partial charge in [-0.05, 0) is 19.1 Å². The van der Waals surface area contributed by atoms with Crippen LogP contribution in [0, 0.1) is 24.4 Å². The molecule has 0 bridgehead atoms. The fraction of sp³-hybridized carbons (Fsp3) is 0.231. The van der Waals surface area contributed by atoms with E-state index in [0.717, 1.165) is 0 Å². The van der Waals surface area contributed by atoms with Crippen LogP contribution < -0.4 is 0 Å². The first-order valence-corrected chi connectivity index (χ1v) is 6.04. The number of hydrogen-bond donors (Lipinski definition) is 0. The summed E-state index contributed by atoms with van der Waals surface area (Å²) in [5.41, 5.74) is 0.777. The Balaban J connectivity index is 2.33. The Bertz CT molecular complexity index is 674. The van der Waals surface area contributed by atoms with Crippen molar-refractivity contribution in [2.75, 3.05) is 0 Å². The van der Waals surface area contributed by atoms with Crippen LogP contribution in [0.15, 0.2) is 12.1 Å². The van der Waals surface area contributed by atoms with Gasteiger partial charge in [0.15, 0.2) is 23.2 Å². The predicted molar refractivity (Wildman–Crippen MR) is 67.3 cm³/mol. The number of carbonyl (C=O) groups is 1. The molecule has 0 spiro atoms. The van der Waals surface area contributed by atoms with Gasteiger partial charge >= 0.3 is 0 Å². The number of nitrogens with zero attached hydrogens (tertiary/aromatic N) is 2. The van der Waals surface area contributed by atoms with Gasteiger partial charge < -0.3 is 0 Å². The summed E-state index contributed by atoms with van der Waals surface area (Å²) in [7, 11) is 1.61. The van der Waals surface area contributed by atoms with Crippen LogP contribution in [0.3, 0.4) is 0 Å². The zero-order valence-electron chi connectivity index (χ0n) is 10.7. The van der Waals surface area contributed by atoms with E-state index in [1.807, 2.05) is 0 Å². The molecule has 0 N–H and O–H groups in total. The van der Waals surface area contributed by atoms with Crippen molar-refractivity contribution in [3.05, 3.63) is 51.6 Å². The Morgan fingerprint density at radius 1 is 1.30 bits per heavy atom. The summed E-state index contributed by atoms with van der Waals surface area (Å²) >= 11 is 5.97. The largest absolute Gasteiger partial charge is 0.294 e. The number of halogens is 4. The molecule has 0 aliphatic carbocycles. The minimum atomic E-state index is -1.60. The average Bonchev–Trinajstić information content (AvgIpc) is 2.62. The van der Waals surface area contributed by atoms with Gasteiger partial charge in [0.25, 0.3) is 0 Å². The Labute approximate surface area is 118 Å². The van der Waals surface area contributed by atoms with E-state index in [2.05, 4.69) is 5.10 Å². The fourth-order valence-electron chi connectivity index (χ4n) is 1.85. The second-order valence-electron chi connectivity index (χ2n) is 4.33. The number of Topliss-reactive ketones (excluding diaryl/α,β-unsaturated/α-hetero) is 1. The minimum absolute atomic E-state index is 0.164. The van der Waals surface area contributed by atoms with Crippen LogP contribution >= 0.6 is 11.6 Å². The topological polar surface area (TPSA) is 34.9 Å². The SMILES string of the molecule is Cc1nn(C)c(Cl)c1CC(=O)c1cc(F)c(F)c(F)c1. The van der Waals surface area contributed by atoms with Crippen molar-refractivity contribution in [1.29, 1.82) is 0 Å². The lowest BCUT2D eigenvalue weighted by Crippen LogP contribution is -2.07. The minimum Gasteiger partial charge on any atom is -0.294 e. The third-order valence-electron chi connectivity index (χ3n) is 2.91. The van der Waals surface area contributed by atoms with Gasteiger partial charge in [-0.1, -0.05) is 11.6 Å². The molecule has 1 aromatic heterocycles. The molecule has 7 heteroatoms. The second kappa shape index (κ2) is 5.28. The summed E-state index contributed by atoms with van der Waals surface area (Å²) in [4.78, 5) is 12.0. The van der Waals surface area contributed by atoms with Gasteiger partial charge in [-0.25, -0.2) is 13.2 Å². The highest BCUT2D eigenvalue weighted by molar-refractivity contribution is 6.30. The van der Waals surface area contributed by atoms with Crippen molar-refractivity contribution < 1.29 is 18.0 Å². The molecule has 0 saturated heterocycles. The number of aromatic nitrogens is 2. The first-order valence-electron chi connectivity index (χ1n) is 5.67. The Kier molecular flexibility index (Phi) is 3.85. The summed E-state index contributed by atoms with van der Waals surface area (Å²) in [5.74, 6) is -4.97. The van der Waals surface area contributed by atoms with E-state index in [0.29, 0.717) is 23.4 Å². The number of carbonyl (C=O) groups excluding carboxylic acids is 1. The molecule has 1 heterocycles. The van der Waals surface area contributed by atoms with Crippen LogP contribution in [0.2, 0.25) is 5.15 Å². The summed E-state index contributed by atoms with van der Waals surface area (Å²) in [5, 5.41) is 4.31. The average molecular weight is 303 g/mol. The van der Waals surface area contributed by atoms with E-state index in [1.165, 1.54) is 4.68 Å². The smallest absolute Gasteiger partial charge is 0.194 e. The first kappa shape index (κ1) is 14.6. The lowest BCUT2D eigenvalue weighted by molar-refractivity contribution is 0.0991. The highest BCUT2D eigenvalue weighted by atomic mass is 35.5. The molecular formula is C13H10ClF3N2O. The molecule has 0 atom stereocenters. The van der Waals surface area contributed by atoms with Gasteiger partial charge in [0.2, 0.25) is 0 Å². The number of ketones is 1. The third kappa shape index (κ3) is 2.56. The van der Waals surface area contributed by atoms with Gasteiger partial charge in [-0.15, -0.1) is 0 Å². The molecule has 0 fully saturated rings. The number of aryl methyl sites for hydroxylation is 2. The lowest BCUT2D eigenvalue weighted by atomic mass is 10.0. The van der Waals surface area contributed by atoms with Crippen molar-refractivity contribution in [1.82, 2.24) is 9.78 Å². The maximum atomic E-state index is 13.1. The van der Waals surface area contributed by atoms with E-state index < -0.39 is 23.2 Å². The zero-order chi connectivity index (χ0) is 15.0. The molecule has 0 radical (unpaired) electrons. The highest BCUT2D eigenvalue weighted by Gasteiger charge is 2.19. The lowest BCUT2D eigenvalue weighted by Gasteiger charge is -2.03. The Hall–Kier alpha value is -1.82. The van der Waals surface area contributed by atoms with Crippen LogP contribution in [0.4, 0.5) is 13.2 Å². The molecule has 0 aliphatic rings. The van der Waals surface area contributed by atoms with Crippen LogP contribution in [-0.4, -0.2) is 15.6 Å². The van der Waals surface area contributed by atoms with Crippen molar-refractivity contribution in [2.24, 2.45) is 7.05 Å². The van der Waals surface area contributed by atoms with Crippen LogP contribution in [0.25, 0.3) is 0 Å². The molecule has 20 heavy (non-hydrogen) atoms. The second-order valence-corrected chi connectivity index (χ2v) is 4.69. The van der Waals surface area contributed by atoms with E-state index in [1.54, 1.807) is 14.0 Å². The normalized spacial score (nSPS) is 10.9. The summed E-state index contributed by atoms with van der Waals surface area (Å²) < 4.78 is 40.4. The molecule has 106 valence electrons. The van der Waals surface area contributed by atoms with E-state index in [9.17, 15) is 18.0 Å². The quantitative estimate of drug-likeness (QED) is 0.644. The van der Waals surface area contributed by atoms with Crippen molar-refractivity contribution >= 4 is 17.4 Å². The summed E-state index contributed by atoms with van der Waals surface area (Å²) in [6.45, 7) is 1.67. The number of benzene rings is 1. The molecule has 0 aliphatic heterocycles. The van der Waals surface area contributed by atoms with E-state index >= 15 is 0 Å². The Morgan fingerprint density at radius 2 is 1.85 bits per heavy atom. The standard InChI is InChI=1S/C13H10ClF3N2O/c1-6-8(13(14)19(2)18-6)5-11(20)7-3-9(15)12(17)10(16)4-7/h3-4H,5H2,1-2H3. The molecule has 2 aromatic rings. The van der Waals surface area contributed by atoms with Crippen LogP contribution in [-0.2, 0) is 13.5 Å². The number of hydrogen-bond acceptors (Lipinski definition) is 2. The van der Waals surface area contributed by atoms with Gasteiger partial charge in [-0.2, -0.15) is 5.10 Å². The summed E-state index contributed by atoms with van der Waals surface area (Å²) in [6.07, 6.45) is -0.164. The summed E-state index contributed by atoms with van der Waals surface area (Å²) in [6, 6.07) is 1.33. The maximum absolute atomic E-state index is 13.1. The molecular weight excluding hydrogens is 293 g/mol. The molecule has 3 nitrogen and oxygen atoms in total. The third-order valence-corrected chi connectivity index (χ3v) is 3.39. The van der Waals surface area contributed by atoms with Gasteiger partial charge in [0.1, 0.15) is 5.15 Å². The van der Waals surface area contributed by atoms with Gasteiger partial charge in [0.05, 0.1) is 5.69 Å². The van der Waals surface area contributed by atoms with Gasteiger partial charge in [-0.3, -0.25) is 9.48 Å². The Morgan fingerprint density at radius 3 is 2.30 bits per heavy atom. The van der Waals surface area contributed by atoms with E-state index in [4.69, 9.17) is 11.6 Å². The molecule has 0 unspecified atom stereocenters. The fourth-order valence-corrected chi connectivity index (χ4v) is 2.10. The van der Waals surface area contributed by atoms with Crippen LogP contribution in [0.1, 0.15) is 21.6 Å². The number of rotatable bonds is 3. The molecule has 2 rings (SSSR count). The molecule has 0 amide bonds. The zero-order valence-corrected chi connectivity index (χ0v) is 11.4.